The van der Waals surface area contributed by atoms with Crippen molar-refractivity contribution < 1.29 is 46.3 Å². The highest BCUT2D eigenvalue weighted by molar-refractivity contribution is 7.86. The Morgan fingerprint density at radius 3 is 2.21 bits per heavy atom. The molecule has 0 aliphatic carbocycles. The number of esters is 1. The van der Waals surface area contributed by atoms with E-state index in [1.165, 1.54) is 20.8 Å². The molecule has 0 saturated carbocycles. The van der Waals surface area contributed by atoms with Gasteiger partial charge in [0.15, 0.2) is 6.10 Å². The van der Waals surface area contributed by atoms with E-state index in [-0.39, 0.29) is 24.6 Å². The van der Waals surface area contributed by atoms with Gasteiger partial charge in [0.05, 0.1) is 19.5 Å². The molecule has 1 amide bonds. The highest BCUT2D eigenvalue weighted by atomic mass is 32.2. The summed E-state index contributed by atoms with van der Waals surface area (Å²) in [6.45, 7) is 7.07. The average Bonchev–Trinajstić information content (AvgIpc) is 2.62. The highest BCUT2D eigenvalue weighted by Crippen LogP contribution is 2.24. The van der Waals surface area contributed by atoms with Crippen molar-refractivity contribution in [3.8, 4) is 0 Å². The third-order valence-corrected chi connectivity index (χ3v) is 4.94. The van der Waals surface area contributed by atoms with Gasteiger partial charge in [-0.3, -0.25) is 8.98 Å². The van der Waals surface area contributed by atoms with Gasteiger partial charge in [0, 0.05) is 24.8 Å². The lowest BCUT2D eigenvalue weighted by atomic mass is 9.87. The average molecular weight is 441 g/mol. The Labute approximate surface area is 171 Å². The summed E-state index contributed by atoms with van der Waals surface area (Å²) in [7, 11) is -2.84. The van der Waals surface area contributed by atoms with Gasteiger partial charge in [-0.1, -0.05) is 27.7 Å². The first-order chi connectivity index (χ1) is 13.2. The molecular formula is C17H31NO10S. The molecule has 0 radical (unpaired) electrons. The molecule has 0 bridgehead atoms. The Morgan fingerprint density at radius 1 is 1.14 bits per heavy atom. The van der Waals surface area contributed by atoms with Crippen molar-refractivity contribution in [2.24, 2.45) is 11.3 Å². The largest absolute Gasteiger partial charge is 0.511 e. The number of carbonyl (C=O) groups is 3. The molecule has 0 spiro atoms. The van der Waals surface area contributed by atoms with E-state index >= 15 is 0 Å². The van der Waals surface area contributed by atoms with Crippen LogP contribution in [0.25, 0.3) is 0 Å². The van der Waals surface area contributed by atoms with E-state index in [0.717, 1.165) is 7.11 Å². The van der Waals surface area contributed by atoms with Gasteiger partial charge in [-0.05, 0) is 6.42 Å². The SMILES string of the molecule is COC(=O)OC(OC(=O)[C@H](O)C(C)(C)COS(=O)(=O)CCCNC(C)=O)C(C)C. The molecule has 11 nitrogen and oxygen atoms in total. The van der Waals surface area contributed by atoms with Crippen molar-refractivity contribution in [1.82, 2.24) is 5.32 Å². The number of hydrogen-bond donors (Lipinski definition) is 2. The van der Waals surface area contributed by atoms with Gasteiger partial charge in [0.2, 0.25) is 5.91 Å². The molecule has 0 rings (SSSR count). The molecule has 29 heavy (non-hydrogen) atoms. The van der Waals surface area contributed by atoms with Crippen LogP contribution in [0.4, 0.5) is 4.79 Å². The standard InChI is InChI=1S/C17H31NO10S/c1-11(2)15(28-16(22)25-6)27-14(21)13(20)17(4,5)10-26-29(23,24)9-7-8-18-12(3)19/h11,13,15,20H,7-10H2,1-6H3,(H,18,19)/t13-,15?/m0/s1. The lowest BCUT2D eigenvalue weighted by Gasteiger charge is -2.30. The summed E-state index contributed by atoms with van der Waals surface area (Å²) in [5, 5.41) is 12.7. The second-order valence-corrected chi connectivity index (χ2v) is 9.13. The van der Waals surface area contributed by atoms with Gasteiger partial charge in [0.25, 0.3) is 16.4 Å². The number of aliphatic hydroxyl groups excluding tert-OH is 1. The van der Waals surface area contributed by atoms with Crippen LogP contribution in [0, 0.1) is 11.3 Å². The minimum absolute atomic E-state index is 0.147. The van der Waals surface area contributed by atoms with Crippen molar-refractivity contribution in [3.63, 3.8) is 0 Å². The summed E-state index contributed by atoms with van der Waals surface area (Å²) in [6.07, 6.45) is -3.95. The Bertz CT molecular complexity index is 659. The van der Waals surface area contributed by atoms with Gasteiger partial charge >= 0.3 is 12.1 Å². The summed E-state index contributed by atoms with van der Waals surface area (Å²) < 4.78 is 42.9. The second-order valence-electron chi connectivity index (χ2n) is 7.37. The summed E-state index contributed by atoms with van der Waals surface area (Å²) in [5.74, 6) is -2.15. The number of hydrogen-bond acceptors (Lipinski definition) is 10. The molecule has 0 aliphatic heterocycles. The zero-order valence-electron chi connectivity index (χ0n) is 17.6. The third kappa shape index (κ3) is 11.0. The minimum atomic E-state index is -3.93. The lowest BCUT2D eigenvalue weighted by molar-refractivity contribution is -0.194. The Kier molecular flexibility index (Phi) is 11.1. The van der Waals surface area contributed by atoms with E-state index < -0.39 is 52.6 Å². The molecule has 0 aliphatic rings. The van der Waals surface area contributed by atoms with Crippen LogP contribution in [0.1, 0.15) is 41.0 Å². The maximum atomic E-state index is 12.2. The Hall–Kier alpha value is -1.92. The zero-order valence-corrected chi connectivity index (χ0v) is 18.4. The number of amides is 1. The van der Waals surface area contributed by atoms with Crippen LogP contribution in [0.2, 0.25) is 0 Å². The third-order valence-electron chi connectivity index (χ3n) is 3.67. The predicted molar refractivity (Wildman–Crippen MR) is 101 cm³/mol. The van der Waals surface area contributed by atoms with Crippen molar-refractivity contribution in [2.45, 2.75) is 53.4 Å². The lowest BCUT2D eigenvalue weighted by Crippen LogP contribution is -2.44. The zero-order chi connectivity index (χ0) is 22.8. The van der Waals surface area contributed by atoms with Gasteiger partial charge in [0.1, 0.15) is 0 Å². The van der Waals surface area contributed by atoms with Crippen LogP contribution in [-0.2, 0) is 38.1 Å². The number of rotatable bonds is 12. The summed E-state index contributed by atoms with van der Waals surface area (Å²) in [4.78, 5) is 34.2. The minimum Gasteiger partial charge on any atom is -0.438 e. The van der Waals surface area contributed by atoms with Gasteiger partial charge in [-0.25, -0.2) is 9.59 Å². The van der Waals surface area contributed by atoms with E-state index in [1.807, 2.05) is 0 Å². The molecule has 0 fully saturated rings. The van der Waals surface area contributed by atoms with Crippen molar-refractivity contribution >= 4 is 28.1 Å². The van der Waals surface area contributed by atoms with Gasteiger partial charge in [-0.15, -0.1) is 0 Å². The van der Waals surface area contributed by atoms with Crippen LogP contribution in [-0.4, -0.2) is 70.0 Å². The molecule has 12 heteroatoms. The fourth-order valence-corrected chi connectivity index (χ4v) is 2.93. The van der Waals surface area contributed by atoms with Crippen LogP contribution in [0.5, 0.6) is 0 Å². The van der Waals surface area contributed by atoms with Crippen molar-refractivity contribution in [3.05, 3.63) is 0 Å². The monoisotopic (exact) mass is 441 g/mol. The molecular weight excluding hydrogens is 410 g/mol. The second kappa shape index (κ2) is 11.9. The normalized spacial score (nSPS) is 14.1. The molecule has 0 heterocycles. The fourth-order valence-electron chi connectivity index (χ4n) is 1.83. The number of nitrogens with one attached hydrogen (secondary N) is 1. The smallest absolute Gasteiger partial charge is 0.438 e. The number of methoxy groups -OCH3 is 1. The van der Waals surface area contributed by atoms with Crippen molar-refractivity contribution in [2.75, 3.05) is 26.0 Å². The first kappa shape index (κ1) is 27.1. The van der Waals surface area contributed by atoms with Crippen LogP contribution in [0.3, 0.4) is 0 Å². The van der Waals surface area contributed by atoms with Crippen LogP contribution in [0.15, 0.2) is 0 Å². The topological polar surface area (TPSA) is 155 Å². The molecule has 170 valence electrons. The molecule has 0 aromatic heterocycles. The highest BCUT2D eigenvalue weighted by Gasteiger charge is 2.38. The predicted octanol–water partition coefficient (Wildman–Crippen LogP) is 0.554. The summed E-state index contributed by atoms with van der Waals surface area (Å²) >= 11 is 0. The van der Waals surface area contributed by atoms with Crippen molar-refractivity contribution in [1.29, 1.82) is 0 Å². The number of carbonyl (C=O) groups excluding carboxylic acids is 3. The molecule has 1 unspecified atom stereocenters. The molecule has 0 aromatic rings. The summed E-state index contributed by atoms with van der Waals surface area (Å²) in [6, 6.07) is 0. The molecule has 0 saturated heterocycles. The molecule has 2 atom stereocenters. The van der Waals surface area contributed by atoms with E-state index in [1.54, 1.807) is 13.8 Å². The van der Waals surface area contributed by atoms with E-state index in [2.05, 4.69) is 10.1 Å². The van der Waals surface area contributed by atoms with E-state index in [4.69, 9.17) is 13.7 Å². The first-order valence-corrected chi connectivity index (χ1v) is 10.5. The maximum Gasteiger partial charge on any atom is 0.511 e. The van der Waals surface area contributed by atoms with E-state index in [9.17, 15) is 27.9 Å². The first-order valence-electron chi connectivity index (χ1n) is 8.96. The Balaban J connectivity index is 4.78. The molecule has 2 N–H and O–H groups in total. The molecule has 0 aromatic carbocycles. The number of aliphatic hydroxyl groups is 1. The van der Waals surface area contributed by atoms with Crippen LogP contribution < -0.4 is 5.32 Å². The van der Waals surface area contributed by atoms with Crippen LogP contribution >= 0.6 is 0 Å². The Morgan fingerprint density at radius 2 is 1.72 bits per heavy atom. The maximum absolute atomic E-state index is 12.2. The van der Waals surface area contributed by atoms with Gasteiger partial charge < -0.3 is 24.6 Å². The summed E-state index contributed by atoms with van der Waals surface area (Å²) in [5.41, 5.74) is -1.32. The number of ether oxygens (including phenoxy) is 3. The van der Waals surface area contributed by atoms with E-state index in [0.29, 0.717) is 0 Å². The fraction of sp³-hybridized carbons (Fsp3) is 0.824. The quantitative estimate of drug-likeness (QED) is 0.190. The van der Waals surface area contributed by atoms with Gasteiger partial charge in [-0.2, -0.15) is 8.42 Å².